The van der Waals surface area contributed by atoms with E-state index >= 15 is 0 Å². The Labute approximate surface area is 162 Å². The molecule has 0 N–H and O–H groups in total. The molecule has 0 aliphatic heterocycles. The highest BCUT2D eigenvalue weighted by Crippen LogP contribution is 2.45. The maximum atomic E-state index is 9.41. The molecular formula is C20H5BrN6. The average molecular weight is 409 g/mol. The van der Waals surface area contributed by atoms with Gasteiger partial charge in [-0.1, -0.05) is 22.0 Å². The standard InChI is InChI=1S/C20H5BrN6/c1-25-17(9-24)18-14-6-12(21)2-3-13(14)19-20(18)27-16-5-11(8-23)10(7-22)4-15(16)26-19/h2-6H/b18-17+. The zero-order valence-electron chi connectivity index (χ0n) is 13.4. The third-order valence-corrected chi connectivity index (χ3v) is 4.74. The van der Waals surface area contributed by atoms with Gasteiger partial charge in [0.25, 0.3) is 5.70 Å². The Kier molecular flexibility index (Phi) is 3.68. The molecule has 7 heteroatoms. The van der Waals surface area contributed by atoms with Crippen LogP contribution in [0.25, 0.3) is 32.7 Å². The van der Waals surface area contributed by atoms with Crippen molar-refractivity contribution in [1.82, 2.24) is 9.97 Å². The lowest BCUT2D eigenvalue weighted by Gasteiger charge is -2.05. The lowest BCUT2D eigenvalue weighted by Crippen LogP contribution is -1.96. The number of allylic oxidation sites excluding steroid dienone is 1. The van der Waals surface area contributed by atoms with Crippen LogP contribution in [-0.4, -0.2) is 9.97 Å². The molecule has 1 aliphatic rings. The van der Waals surface area contributed by atoms with Gasteiger partial charge < -0.3 is 0 Å². The van der Waals surface area contributed by atoms with E-state index in [0.717, 1.165) is 10.0 Å². The first-order valence-electron chi connectivity index (χ1n) is 7.59. The van der Waals surface area contributed by atoms with Gasteiger partial charge in [0, 0.05) is 15.6 Å². The summed E-state index contributed by atoms with van der Waals surface area (Å²) in [6.07, 6.45) is 0. The number of halogens is 1. The van der Waals surface area contributed by atoms with Gasteiger partial charge in [-0.3, -0.25) is 0 Å². The largest absolute Gasteiger partial charge is 0.271 e. The second kappa shape index (κ2) is 6.04. The lowest BCUT2D eigenvalue weighted by atomic mass is 10.0. The Morgan fingerprint density at radius 1 is 0.926 bits per heavy atom. The van der Waals surface area contributed by atoms with Crippen LogP contribution in [0.5, 0.6) is 0 Å². The normalized spacial score (nSPS) is 12.9. The van der Waals surface area contributed by atoms with Gasteiger partial charge in [-0.25, -0.2) is 20.1 Å². The molecule has 2 aromatic carbocycles. The van der Waals surface area contributed by atoms with E-state index in [-0.39, 0.29) is 16.8 Å². The second-order valence-electron chi connectivity index (χ2n) is 5.67. The summed E-state index contributed by atoms with van der Waals surface area (Å²) in [5.41, 5.74) is 4.11. The SMILES string of the molecule is [C-]#[N+]/C(C#N)=C1\c2cc(Br)ccc2-c2nc3cc(C#N)c(C#N)cc3nc21. The molecule has 0 fully saturated rings. The number of fused-ring (bicyclic) bond motifs is 4. The third-order valence-electron chi connectivity index (χ3n) is 4.24. The minimum absolute atomic E-state index is 0.0732. The minimum atomic E-state index is -0.0732. The van der Waals surface area contributed by atoms with Gasteiger partial charge >= 0.3 is 0 Å². The summed E-state index contributed by atoms with van der Waals surface area (Å²) >= 11 is 3.42. The molecule has 0 unspecified atom stereocenters. The van der Waals surface area contributed by atoms with Crippen molar-refractivity contribution < 1.29 is 0 Å². The molecule has 1 aromatic heterocycles. The molecule has 1 heterocycles. The van der Waals surface area contributed by atoms with Crippen molar-refractivity contribution in [2.24, 2.45) is 0 Å². The molecule has 6 nitrogen and oxygen atoms in total. The molecule has 0 bridgehead atoms. The van der Waals surface area contributed by atoms with E-state index in [9.17, 15) is 15.8 Å². The molecular weight excluding hydrogens is 404 g/mol. The molecule has 3 aromatic rings. The maximum Gasteiger partial charge on any atom is 0.271 e. The van der Waals surface area contributed by atoms with Crippen molar-refractivity contribution in [3.63, 3.8) is 0 Å². The number of benzene rings is 2. The van der Waals surface area contributed by atoms with Crippen molar-refractivity contribution >= 4 is 32.5 Å². The summed E-state index contributed by atoms with van der Waals surface area (Å²) in [6, 6.07) is 14.4. The minimum Gasteiger partial charge on any atom is -0.245 e. The van der Waals surface area contributed by atoms with Crippen LogP contribution < -0.4 is 0 Å². The first kappa shape index (κ1) is 16.4. The Balaban J connectivity index is 2.16. The fraction of sp³-hybridized carbons (Fsp3) is 0. The molecule has 0 atom stereocenters. The van der Waals surface area contributed by atoms with Gasteiger partial charge in [-0.05, 0) is 29.8 Å². The van der Waals surface area contributed by atoms with Gasteiger partial charge in [0.05, 0.1) is 46.2 Å². The Bertz CT molecular complexity index is 1360. The molecule has 27 heavy (non-hydrogen) atoms. The van der Waals surface area contributed by atoms with Crippen LogP contribution in [0.1, 0.15) is 22.4 Å². The summed E-state index contributed by atoms with van der Waals surface area (Å²) < 4.78 is 0.803. The zero-order valence-corrected chi connectivity index (χ0v) is 15.0. The Hall–Kier alpha value is -4.04. The van der Waals surface area contributed by atoms with Crippen LogP contribution in [0, 0.1) is 40.6 Å². The number of nitriles is 3. The highest BCUT2D eigenvalue weighted by atomic mass is 79.9. The van der Waals surface area contributed by atoms with Crippen molar-refractivity contribution in [1.29, 1.82) is 15.8 Å². The fourth-order valence-electron chi connectivity index (χ4n) is 3.08. The van der Waals surface area contributed by atoms with Crippen LogP contribution in [-0.2, 0) is 0 Å². The van der Waals surface area contributed by atoms with Gasteiger partial charge in [0.1, 0.15) is 12.1 Å². The van der Waals surface area contributed by atoms with Crippen LogP contribution in [0.15, 0.2) is 40.5 Å². The molecule has 4 rings (SSSR count). The number of aromatic nitrogens is 2. The molecule has 0 radical (unpaired) electrons. The van der Waals surface area contributed by atoms with Crippen molar-refractivity contribution in [2.45, 2.75) is 0 Å². The molecule has 1 aliphatic carbocycles. The Morgan fingerprint density at radius 2 is 1.56 bits per heavy atom. The zero-order chi connectivity index (χ0) is 19.1. The molecule has 122 valence electrons. The fourth-order valence-corrected chi connectivity index (χ4v) is 3.44. The van der Waals surface area contributed by atoms with E-state index in [1.807, 2.05) is 36.4 Å². The topological polar surface area (TPSA) is 102 Å². The smallest absolute Gasteiger partial charge is 0.245 e. The van der Waals surface area contributed by atoms with E-state index in [2.05, 4.69) is 30.7 Å². The summed E-state index contributed by atoms with van der Waals surface area (Å²) in [7, 11) is 0. The van der Waals surface area contributed by atoms with E-state index in [1.54, 1.807) is 0 Å². The molecule has 0 saturated carbocycles. The average Bonchev–Trinajstić information content (AvgIpc) is 2.98. The van der Waals surface area contributed by atoms with Gasteiger partial charge in [0.15, 0.2) is 0 Å². The van der Waals surface area contributed by atoms with Crippen molar-refractivity contribution in [2.75, 3.05) is 0 Å². The summed E-state index contributed by atoms with van der Waals surface area (Å²) in [4.78, 5) is 12.6. The predicted octanol–water partition coefficient (Wildman–Crippen LogP) is 4.32. The summed E-state index contributed by atoms with van der Waals surface area (Å²) in [5, 5.41) is 27.9. The van der Waals surface area contributed by atoms with Gasteiger partial charge in [-0.15, -0.1) is 0 Å². The molecule has 0 spiro atoms. The number of nitrogens with zero attached hydrogens (tertiary/aromatic N) is 6. The number of rotatable bonds is 0. The van der Waals surface area contributed by atoms with Crippen molar-refractivity contribution in [3.05, 3.63) is 74.3 Å². The first-order chi connectivity index (χ1) is 13.1. The highest BCUT2D eigenvalue weighted by Gasteiger charge is 2.30. The van der Waals surface area contributed by atoms with Crippen LogP contribution >= 0.6 is 15.9 Å². The van der Waals surface area contributed by atoms with Gasteiger partial charge in [-0.2, -0.15) is 10.5 Å². The predicted molar refractivity (Wildman–Crippen MR) is 100 cm³/mol. The maximum absolute atomic E-state index is 9.41. The number of hydrogen-bond donors (Lipinski definition) is 0. The first-order valence-corrected chi connectivity index (χ1v) is 8.39. The number of hydrogen-bond acceptors (Lipinski definition) is 5. The summed E-state index contributed by atoms with van der Waals surface area (Å²) in [6.45, 7) is 7.35. The Morgan fingerprint density at radius 3 is 2.11 bits per heavy atom. The monoisotopic (exact) mass is 408 g/mol. The summed E-state index contributed by atoms with van der Waals surface area (Å²) in [5.74, 6) is 0. The van der Waals surface area contributed by atoms with E-state index in [1.165, 1.54) is 12.1 Å². The van der Waals surface area contributed by atoms with E-state index in [0.29, 0.717) is 33.6 Å². The molecule has 0 saturated heterocycles. The quantitative estimate of drug-likeness (QED) is 0.318. The highest BCUT2D eigenvalue weighted by molar-refractivity contribution is 9.10. The van der Waals surface area contributed by atoms with Crippen LogP contribution in [0.2, 0.25) is 0 Å². The van der Waals surface area contributed by atoms with E-state index < -0.39 is 0 Å². The van der Waals surface area contributed by atoms with Crippen molar-refractivity contribution in [3.8, 4) is 29.5 Å². The van der Waals surface area contributed by atoms with Crippen LogP contribution in [0.4, 0.5) is 0 Å². The lowest BCUT2D eigenvalue weighted by molar-refractivity contribution is 1.27. The second-order valence-corrected chi connectivity index (χ2v) is 6.58. The molecule has 0 amide bonds. The van der Waals surface area contributed by atoms with Crippen LogP contribution in [0.3, 0.4) is 0 Å². The van der Waals surface area contributed by atoms with E-state index in [4.69, 9.17) is 6.57 Å². The van der Waals surface area contributed by atoms with Gasteiger partial charge in [0.2, 0.25) is 0 Å². The third kappa shape index (κ3) is 2.35.